The van der Waals surface area contributed by atoms with Gasteiger partial charge in [-0.1, -0.05) is 11.6 Å². The molecule has 0 radical (unpaired) electrons. The Kier molecular flexibility index (Phi) is 5.81. The van der Waals surface area contributed by atoms with E-state index in [-0.39, 0.29) is 24.5 Å². The number of rotatable bonds is 6. The van der Waals surface area contributed by atoms with E-state index in [1.54, 1.807) is 29.2 Å². The zero-order chi connectivity index (χ0) is 17.8. The molecule has 25 heavy (non-hydrogen) atoms. The van der Waals surface area contributed by atoms with Crippen molar-refractivity contribution >= 4 is 23.4 Å². The molecule has 1 aromatic rings. The minimum absolute atomic E-state index is 0.0132. The second kappa shape index (κ2) is 8.06. The first-order valence-corrected chi connectivity index (χ1v) is 9.11. The van der Waals surface area contributed by atoms with Crippen molar-refractivity contribution in [1.82, 2.24) is 15.1 Å². The Hall–Kier alpha value is -1.79. The van der Waals surface area contributed by atoms with Crippen LogP contribution in [0.4, 0.5) is 0 Å². The van der Waals surface area contributed by atoms with Crippen LogP contribution in [0.1, 0.15) is 19.8 Å². The van der Waals surface area contributed by atoms with Crippen LogP contribution in [-0.4, -0.2) is 66.5 Å². The van der Waals surface area contributed by atoms with Crippen LogP contribution in [-0.2, 0) is 9.59 Å². The molecule has 1 saturated heterocycles. The molecule has 1 saturated carbocycles. The van der Waals surface area contributed by atoms with E-state index in [4.69, 9.17) is 16.3 Å². The van der Waals surface area contributed by atoms with E-state index in [1.807, 2.05) is 6.92 Å². The lowest BCUT2D eigenvalue weighted by atomic mass is 10.2. The summed E-state index contributed by atoms with van der Waals surface area (Å²) in [6, 6.07) is 7.18. The van der Waals surface area contributed by atoms with Crippen molar-refractivity contribution < 1.29 is 14.3 Å². The van der Waals surface area contributed by atoms with Gasteiger partial charge in [0.15, 0.2) is 6.61 Å². The molecule has 0 bridgehead atoms. The highest BCUT2D eigenvalue weighted by atomic mass is 35.5. The molecular formula is C18H24ClN3O3. The van der Waals surface area contributed by atoms with E-state index < -0.39 is 0 Å². The van der Waals surface area contributed by atoms with Gasteiger partial charge in [-0.25, -0.2) is 0 Å². The first-order valence-electron chi connectivity index (χ1n) is 8.73. The molecule has 1 aliphatic carbocycles. The van der Waals surface area contributed by atoms with Gasteiger partial charge in [-0.05, 0) is 44.0 Å². The molecule has 0 spiro atoms. The Morgan fingerprint density at radius 3 is 2.44 bits per heavy atom. The van der Waals surface area contributed by atoms with Crippen LogP contribution in [0.15, 0.2) is 24.3 Å². The normalized spacial score (nSPS) is 19.4. The minimum Gasteiger partial charge on any atom is -0.484 e. The summed E-state index contributed by atoms with van der Waals surface area (Å²) in [7, 11) is 0. The van der Waals surface area contributed by atoms with Gasteiger partial charge in [0.1, 0.15) is 5.75 Å². The van der Waals surface area contributed by atoms with Gasteiger partial charge in [0.2, 0.25) is 5.91 Å². The predicted molar refractivity (Wildman–Crippen MR) is 95.7 cm³/mol. The molecule has 2 fully saturated rings. The smallest absolute Gasteiger partial charge is 0.260 e. The number of amides is 2. The van der Waals surface area contributed by atoms with Crippen LogP contribution in [0.2, 0.25) is 5.02 Å². The molecule has 3 rings (SSSR count). The fraction of sp³-hybridized carbons (Fsp3) is 0.556. The Morgan fingerprint density at radius 1 is 1.20 bits per heavy atom. The molecule has 1 aliphatic heterocycles. The average Bonchev–Trinajstić information content (AvgIpc) is 3.44. The minimum atomic E-state index is -0.150. The van der Waals surface area contributed by atoms with Crippen molar-refractivity contribution in [3.05, 3.63) is 29.3 Å². The average molecular weight is 366 g/mol. The maximum Gasteiger partial charge on any atom is 0.260 e. The zero-order valence-electron chi connectivity index (χ0n) is 14.4. The van der Waals surface area contributed by atoms with Crippen LogP contribution < -0.4 is 10.1 Å². The SMILES string of the molecule is C[C@H](C(=O)NC1CC1)N1CCN(C(=O)COc2ccc(Cl)cc2)CC1. The summed E-state index contributed by atoms with van der Waals surface area (Å²) in [5, 5.41) is 3.67. The van der Waals surface area contributed by atoms with E-state index in [0.717, 1.165) is 12.8 Å². The van der Waals surface area contributed by atoms with Gasteiger partial charge in [0.05, 0.1) is 6.04 Å². The first-order chi connectivity index (χ1) is 12.0. The molecule has 0 unspecified atom stereocenters. The fourth-order valence-corrected chi connectivity index (χ4v) is 2.97. The van der Waals surface area contributed by atoms with Crippen molar-refractivity contribution in [3.8, 4) is 5.75 Å². The van der Waals surface area contributed by atoms with E-state index in [1.165, 1.54) is 0 Å². The van der Waals surface area contributed by atoms with Gasteiger partial charge in [-0.15, -0.1) is 0 Å². The van der Waals surface area contributed by atoms with Crippen LogP contribution in [0, 0.1) is 0 Å². The van der Waals surface area contributed by atoms with Gasteiger partial charge in [0, 0.05) is 37.2 Å². The lowest BCUT2D eigenvalue weighted by Gasteiger charge is -2.37. The molecular weight excluding hydrogens is 342 g/mol. The Morgan fingerprint density at radius 2 is 1.84 bits per heavy atom. The monoisotopic (exact) mass is 365 g/mol. The van der Waals surface area contributed by atoms with Gasteiger partial charge in [0.25, 0.3) is 5.91 Å². The van der Waals surface area contributed by atoms with Crippen LogP contribution in [0.3, 0.4) is 0 Å². The van der Waals surface area contributed by atoms with Crippen molar-refractivity contribution in [2.45, 2.75) is 31.8 Å². The molecule has 7 heteroatoms. The third kappa shape index (κ3) is 5.09. The summed E-state index contributed by atoms with van der Waals surface area (Å²) in [6.07, 6.45) is 2.18. The molecule has 2 aliphatic rings. The standard InChI is InChI=1S/C18H24ClN3O3/c1-13(18(24)20-15-4-5-15)21-8-10-22(11-9-21)17(23)12-25-16-6-2-14(19)3-7-16/h2-3,6-7,13,15H,4-5,8-12H2,1H3,(H,20,24)/t13-/m1/s1. The number of nitrogens with zero attached hydrogens (tertiary/aromatic N) is 2. The lowest BCUT2D eigenvalue weighted by Crippen LogP contribution is -2.55. The molecule has 1 aromatic carbocycles. The maximum absolute atomic E-state index is 12.3. The lowest BCUT2D eigenvalue weighted by molar-refractivity contribution is -0.136. The third-order valence-electron chi connectivity index (χ3n) is 4.69. The van der Waals surface area contributed by atoms with Gasteiger partial charge < -0.3 is 15.0 Å². The molecule has 1 atom stereocenters. The predicted octanol–water partition coefficient (Wildman–Crippen LogP) is 1.53. The molecule has 2 amide bonds. The van der Waals surface area contributed by atoms with Crippen molar-refractivity contribution in [1.29, 1.82) is 0 Å². The highest BCUT2D eigenvalue weighted by Crippen LogP contribution is 2.19. The van der Waals surface area contributed by atoms with E-state index in [9.17, 15) is 9.59 Å². The Labute approximate surface area is 153 Å². The number of benzene rings is 1. The van der Waals surface area contributed by atoms with E-state index in [2.05, 4.69) is 10.2 Å². The molecule has 6 nitrogen and oxygen atoms in total. The summed E-state index contributed by atoms with van der Waals surface area (Å²) < 4.78 is 5.51. The topological polar surface area (TPSA) is 61.9 Å². The summed E-state index contributed by atoms with van der Waals surface area (Å²) in [4.78, 5) is 28.3. The molecule has 0 aromatic heterocycles. The largest absolute Gasteiger partial charge is 0.484 e. The number of hydrogen-bond donors (Lipinski definition) is 1. The summed E-state index contributed by atoms with van der Waals surface area (Å²) in [5.74, 6) is 0.680. The summed E-state index contributed by atoms with van der Waals surface area (Å²) in [6.45, 7) is 4.57. The second-order valence-electron chi connectivity index (χ2n) is 6.62. The van der Waals surface area contributed by atoms with Gasteiger partial charge in [-0.2, -0.15) is 0 Å². The fourth-order valence-electron chi connectivity index (χ4n) is 2.84. The highest BCUT2D eigenvalue weighted by Gasteiger charge is 2.30. The second-order valence-corrected chi connectivity index (χ2v) is 7.05. The number of halogens is 1. The summed E-state index contributed by atoms with van der Waals surface area (Å²) >= 11 is 5.82. The number of hydrogen-bond acceptors (Lipinski definition) is 4. The van der Waals surface area contributed by atoms with E-state index in [0.29, 0.717) is 43.0 Å². The maximum atomic E-state index is 12.3. The van der Waals surface area contributed by atoms with Crippen LogP contribution in [0.5, 0.6) is 5.75 Å². The number of piperazine rings is 1. The van der Waals surface area contributed by atoms with Gasteiger partial charge >= 0.3 is 0 Å². The first kappa shape index (κ1) is 18.0. The Bertz CT molecular complexity index is 610. The van der Waals surface area contributed by atoms with E-state index >= 15 is 0 Å². The van der Waals surface area contributed by atoms with Crippen LogP contribution >= 0.6 is 11.6 Å². The Balaban J connectivity index is 1.40. The van der Waals surface area contributed by atoms with Crippen molar-refractivity contribution in [2.24, 2.45) is 0 Å². The van der Waals surface area contributed by atoms with Crippen molar-refractivity contribution in [2.75, 3.05) is 32.8 Å². The molecule has 1 heterocycles. The third-order valence-corrected chi connectivity index (χ3v) is 4.95. The number of ether oxygens (including phenoxy) is 1. The van der Waals surface area contributed by atoms with Crippen LogP contribution in [0.25, 0.3) is 0 Å². The van der Waals surface area contributed by atoms with Crippen molar-refractivity contribution in [3.63, 3.8) is 0 Å². The number of carbonyl (C=O) groups is 2. The molecule has 1 N–H and O–H groups in total. The quantitative estimate of drug-likeness (QED) is 0.830. The zero-order valence-corrected chi connectivity index (χ0v) is 15.2. The molecule has 136 valence electrons. The van der Waals surface area contributed by atoms with Gasteiger partial charge in [-0.3, -0.25) is 14.5 Å². The number of nitrogens with one attached hydrogen (secondary N) is 1. The summed E-state index contributed by atoms with van der Waals surface area (Å²) in [5.41, 5.74) is 0. The highest BCUT2D eigenvalue weighted by molar-refractivity contribution is 6.30. The number of carbonyl (C=O) groups excluding carboxylic acids is 2.